The summed E-state index contributed by atoms with van der Waals surface area (Å²) in [6.07, 6.45) is 2.85. The topological polar surface area (TPSA) is 20.2 Å². The van der Waals surface area contributed by atoms with E-state index in [1.165, 1.54) is 6.07 Å². The van der Waals surface area contributed by atoms with Gasteiger partial charge in [0.2, 0.25) is 0 Å². The third kappa shape index (κ3) is 1.12. The van der Waals surface area contributed by atoms with E-state index in [1.807, 2.05) is 0 Å². The summed E-state index contributed by atoms with van der Waals surface area (Å²) in [5.74, 6) is 0.0639. The smallest absolute Gasteiger partial charge is 0.141 e. The molecule has 0 saturated heterocycles. The molecule has 4 rings (SSSR count). The van der Waals surface area contributed by atoms with Crippen LogP contribution in [0.2, 0.25) is 5.02 Å². The van der Waals surface area contributed by atoms with Crippen LogP contribution in [0.1, 0.15) is 24.8 Å². The first kappa shape index (κ1) is 9.61. The Morgan fingerprint density at radius 3 is 2.80 bits per heavy atom. The molecule has 0 aromatic heterocycles. The van der Waals surface area contributed by atoms with Gasteiger partial charge in [-0.2, -0.15) is 0 Å². The Bertz CT molecular complexity index is 416. The highest BCUT2D eigenvalue weighted by atomic mass is 35.5. The summed E-state index contributed by atoms with van der Waals surface area (Å²) in [4.78, 5) is 0. The van der Waals surface area contributed by atoms with Gasteiger partial charge in [-0.1, -0.05) is 17.7 Å². The van der Waals surface area contributed by atoms with Gasteiger partial charge in [-0.25, -0.2) is 4.39 Å². The lowest BCUT2D eigenvalue weighted by atomic mass is 9.63. The van der Waals surface area contributed by atoms with E-state index >= 15 is 0 Å². The summed E-state index contributed by atoms with van der Waals surface area (Å²) in [7, 11) is 0. The Hall–Kier alpha value is -0.600. The number of aliphatic hydroxyl groups is 1. The molecule has 3 fully saturated rings. The van der Waals surface area contributed by atoms with E-state index in [9.17, 15) is 9.50 Å². The molecule has 3 aliphatic carbocycles. The van der Waals surface area contributed by atoms with Gasteiger partial charge in [-0.15, -0.1) is 0 Å². The highest BCUT2D eigenvalue weighted by Crippen LogP contribution is 2.59. The summed E-state index contributed by atoms with van der Waals surface area (Å²) >= 11 is 5.76. The molecule has 3 atom stereocenters. The van der Waals surface area contributed by atoms with E-state index in [-0.39, 0.29) is 22.4 Å². The third-order valence-electron chi connectivity index (χ3n) is 4.09. The van der Waals surface area contributed by atoms with Crippen molar-refractivity contribution in [3.8, 4) is 0 Å². The number of hydrogen-bond acceptors (Lipinski definition) is 1. The first-order chi connectivity index (χ1) is 7.13. The minimum atomic E-state index is -0.389. The largest absolute Gasteiger partial charge is 0.392 e. The van der Waals surface area contributed by atoms with Gasteiger partial charge in [0.15, 0.2) is 0 Å². The van der Waals surface area contributed by atoms with Crippen LogP contribution in [-0.2, 0) is 5.41 Å². The van der Waals surface area contributed by atoms with Crippen LogP contribution in [-0.4, -0.2) is 11.2 Å². The Kier molecular flexibility index (Phi) is 1.89. The van der Waals surface area contributed by atoms with Gasteiger partial charge in [0.05, 0.1) is 11.1 Å². The minimum Gasteiger partial charge on any atom is -0.392 e. The van der Waals surface area contributed by atoms with Crippen LogP contribution in [0.15, 0.2) is 18.2 Å². The maximum atomic E-state index is 13.0. The fourth-order valence-electron chi connectivity index (χ4n) is 3.18. The summed E-state index contributed by atoms with van der Waals surface area (Å²) in [5.41, 5.74) is 0.873. The second-order valence-corrected chi connectivity index (χ2v) is 5.14. The van der Waals surface area contributed by atoms with E-state index in [1.54, 1.807) is 12.1 Å². The lowest BCUT2D eigenvalue weighted by Gasteiger charge is -2.44. The predicted octanol–water partition coefficient (Wildman–Crippen LogP) is 2.89. The molecule has 1 aromatic rings. The van der Waals surface area contributed by atoms with Gasteiger partial charge in [0, 0.05) is 5.41 Å². The molecule has 0 aliphatic heterocycles. The highest BCUT2D eigenvalue weighted by molar-refractivity contribution is 6.30. The molecule has 0 amide bonds. The Balaban J connectivity index is 2.03. The lowest BCUT2D eigenvalue weighted by Crippen LogP contribution is -2.48. The average Bonchev–Trinajstić information content (AvgIpc) is 2.79. The summed E-state index contributed by atoms with van der Waals surface area (Å²) in [6.45, 7) is 0. The van der Waals surface area contributed by atoms with E-state index in [4.69, 9.17) is 11.6 Å². The maximum absolute atomic E-state index is 13.0. The van der Waals surface area contributed by atoms with Gasteiger partial charge in [-0.3, -0.25) is 0 Å². The quantitative estimate of drug-likeness (QED) is 0.781. The third-order valence-corrected chi connectivity index (χ3v) is 4.38. The fourth-order valence-corrected chi connectivity index (χ4v) is 3.36. The zero-order valence-electron chi connectivity index (χ0n) is 8.21. The van der Waals surface area contributed by atoms with Crippen molar-refractivity contribution in [3.63, 3.8) is 0 Å². The maximum Gasteiger partial charge on any atom is 0.141 e. The average molecular weight is 227 g/mol. The van der Waals surface area contributed by atoms with Crippen LogP contribution in [0.5, 0.6) is 0 Å². The molecule has 0 heterocycles. The van der Waals surface area contributed by atoms with Crippen LogP contribution in [0.3, 0.4) is 0 Å². The minimum absolute atomic E-state index is 0.123. The van der Waals surface area contributed by atoms with Crippen LogP contribution >= 0.6 is 11.6 Å². The van der Waals surface area contributed by atoms with Crippen molar-refractivity contribution in [2.45, 2.75) is 30.8 Å². The summed E-state index contributed by atoms with van der Waals surface area (Å²) in [6, 6.07) is 4.82. The number of hydrogen-bond donors (Lipinski definition) is 1. The molecule has 1 aromatic carbocycles. The molecule has 1 N–H and O–H groups in total. The molecule has 3 heteroatoms. The monoisotopic (exact) mass is 226 g/mol. The number of benzene rings is 1. The molecule has 3 unspecified atom stereocenters. The van der Waals surface area contributed by atoms with Gasteiger partial charge < -0.3 is 5.11 Å². The SMILES string of the molecule is OC1C2CCC1(c1ccc(F)c(Cl)c1)C2. The molecule has 3 saturated carbocycles. The van der Waals surface area contributed by atoms with E-state index in [0.717, 1.165) is 24.8 Å². The summed E-state index contributed by atoms with van der Waals surface area (Å²) in [5, 5.41) is 10.1. The van der Waals surface area contributed by atoms with Gasteiger partial charge >= 0.3 is 0 Å². The predicted molar refractivity (Wildman–Crippen MR) is 56.4 cm³/mol. The number of aliphatic hydroxyl groups excluding tert-OH is 1. The second-order valence-electron chi connectivity index (χ2n) is 4.73. The van der Waals surface area contributed by atoms with Gasteiger partial charge in [0.25, 0.3) is 0 Å². The Morgan fingerprint density at radius 2 is 2.27 bits per heavy atom. The number of rotatable bonds is 1. The van der Waals surface area contributed by atoms with Crippen LogP contribution in [0.4, 0.5) is 4.39 Å². The van der Waals surface area contributed by atoms with Crippen molar-refractivity contribution < 1.29 is 9.50 Å². The first-order valence-electron chi connectivity index (χ1n) is 5.27. The van der Waals surface area contributed by atoms with Crippen LogP contribution in [0, 0.1) is 11.7 Å². The molecular formula is C12H12ClFO. The van der Waals surface area contributed by atoms with E-state index in [0.29, 0.717) is 5.92 Å². The van der Waals surface area contributed by atoms with Gasteiger partial charge in [0.1, 0.15) is 5.82 Å². The molecule has 0 radical (unpaired) electrons. The zero-order chi connectivity index (χ0) is 10.6. The number of fused-ring (bicyclic) bond motifs is 1. The normalized spacial score (nSPS) is 37.8. The standard InChI is InChI=1S/C12H12ClFO/c13-9-5-8(1-2-10(9)14)12-4-3-7(6-12)11(12)15/h1-2,5,7,11,15H,3-4,6H2. The Morgan fingerprint density at radius 1 is 1.47 bits per heavy atom. The van der Waals surface area contributed by atoms with Crippen molar-refractivity contribution in [1.29, 1.82) is 0 Å². The second kappa shape index (κ2) is 2.96. The molecule has 80 valence electrons. The molecule has 1 nitrogen and oxygen atoms in total. The molecular weight excluding hydrogens is 215 g/mol. The van der Waals surface area contributed by atoms with Crippen LogP contribution < -0.4 is 0 Å². The first-order valence-corrected chi connectivity index (χ1v) is 5.65. The Labute approximate surface area is 92.9 Å². The highest BCUT2D eigenvalue weighted by Gasteiger charge is 2.59. The van der Waals surface area contributed by atoms with Crippen molar-refractivity contribution in [1.82, 2.24) is 0 Å². The molecule has 0 spiro atoms. The van der Waals surface area contributed by atoms with E-state index < -0.39 is 0 Å². The van der Waals surface area contributed by atoms with Gasteiger partial charge in [-0.05, 0) is 42.9 Å². The van der Waals surface area contributed by atoms with E-state index in [2.05, 4.69) is 0 Å². The molecule has 2 bridgehead atoms. The van der Waals surface area contributed by atoms with Crippen molar-refractivity contribution >= 4 is 11.6 Å². The van der Waals surface area contributed by atoms with Crippen molar-refractivity contribution in [3.05, 3.63) is 34.6 Å². The fraction of sp³-hybridized carbons (Fsp3) is 0.500. The number of halogens is 2. The lowest BCUT2D eigenvalue weighted by molar-refractivity contribution is -0.0175. The van der Waals surface area contributed by atoms with Crippen LogP contribution in [0.25, 0.3) is 0 Å². The van der Waals surface area contributed by atoms with Crippen molar-refractivity contribution in [2.75, 3.05) is 0 Å². The summed E-state index contributed by atoms with van der Waals surface area (Å²) < 4.78 is 13.0. The zero-order valence-corrected chi connectivity index (χ0v) is 8.97. The molecule has 3 aliphatic rings. The molecule has 15 heavy (non-hydrogen) atoms. The van der Waals surface area contributed by atoms with Crippen molar-refractivity contribution in [2.24, 2.45) is 5.92 Å².